The van der Waals surface area contributed by atoms with Crippen LogP contribution in [0.3, 0.4) is 0 Å². The number of anilines is 1. The number of fused-ring (bicyclic) bond motifs is 10. The molecule has 5 nitrogen and oxygen atoms in total. The number of carbonyl (C=O) groups is 1. The summed E-state index contributed by atoms with van der Waals surface area (Å²) >= 11 is 0. The van der Waals surface area contributed by atoms with Crippen LogP contribution in [0.25, 0.3) is 21.8 Å². The van der Waals surface area contributed by atoms with Crippen LogP contribution in [0.4, 0.5) is 5.69 Å². The maximum absolute atomic E-state index is 12.9. The van der Waals surface area contributed by atoms with E-state index in [2.05, 4.69) is 64.3 Å². The van der Waals surface area contributed by atoms with Crippen LogP contribution in [0, 0.1) is 11.3 Å². The third kappa shape index (κ3) is 1.86. The molecule has 0 spiro atoms. The molecule has 3 aromatic rings. The number of para-hydroxylation sites is 1. The number of carbonyl (C=O) groups excluding carboxylic acids is 1. The van der Waals surface area contributed by atoms with Crippen molar-refractivity contribution in [2.45, 2.75) is 31.5 Å². The molecule has 1 N–H and O–H groups in total. The van der Waals surface area contributed by atoms with Crippen molar-refractivity contribution in [3.8, 4) is 6.07 Å². The summed E-state index contributed by atoms with van der Waals surface area (Å²) in [4.78, 5) is 15.2. The molecule has 0 radical (unpaired) electrons. The molecule has 0 fully saturated rings. The van der Waals surface area contributed by atoms with Crippen molar-refractivity contribution in [1.29, 1.82) is 5.26 Å². The lowest BCUT2D eigenvalue weighted by Gasteiger charge is -2.31. The monoisotopic (exact) mass is 380 g/mol. The number of nitrogens with one attached hydrogen (secondary N) is 1. The van der Waals surface area contributed by atoms with Crippen molar-refractivity contribution in [3.05, 3.63) is 65.3 Å². The van der Waals surface area contributed by atoms with Gasteiger partial charge in [-0.3, -0.25) is 4.79 Å². The average molecular weight is 380 g/mol. The van der Waals surface area contributed by atoms with Crippen molar-refractivity contribution in [2.24, 2.45) is 7.05 Å². The molecule has 1 aliphatic carbocycles. The highest BCUT2D eigenvalue weighted by molar-refractivity contribution is 6.23. The molecule has 5 heteroatoms. The predicted molar refractivity (Wildman–Crippen MR) is 114 cm³/mol. The molecule has 0 bridgehead atoms. The Bertz CT molecular complexity index is 1340. The number of amides is 1. The Morgan fingerprint density at radius 3 is 2.86 bits per heavy atom. The van der Waals surface area contributed by atoms with Gasteiger partial charge in [0.2, 0.25) is 0 Å². The molecule has 3 aliphatic rings. The van der Waals surface area contributed by atoms with E-state index in [9.17, 15) is 10.1 Å². The number of aromatic nitrogens is 1. The quantitative estimate of drug-likeness (QED) is 0.697. The molecular formula is C24H20N4O. The van der Waals surface area contributed by atoms with Gasteiger partial charge in [0, 0.05) is 35.8 Å². The highest BCUT2D eigenvalue weighted by atomic mass is 16.1. The normalized spacial score (nSPS) is 22.5. The van der Waals surface area contributed by atoms with E-state index in [0.29, 0.717) is 6.54 Å². The van der Waals surface area contributed by atoms with Crippen molar-refractivity contribution in [3.63, 3.8) is 0 Å². The Labute approximate surface area is 168 Å². The predicted octanol–water partition coefficient (Wildman–Crippen LogP) is 3.89. The van der Waals surface area contributed by atoms with E-state index in [4.69, 9.17) is 0 Å². The van der Waals surface area contributed by atoms with Crippen LogP contribution in [-0.4, -0.2) is 22.6 Å². The van der Waals surface area contributed by atoms with Gasteiger partial charge in [-0.2, -0.15) is 5.26 Å². The van der Waals surface area contributed by atoms with Gasteiger partial charge in [0.1, 0.15) is 6.04 Å². The van der Waals surface area contributed by atoms with Crippen LogP contribution < -0.4 is 10.2 Å². The molecule has 3 heterocycles. The smallest absolute Gasteiger partial charge is 0.252 e. The van der Waals surface area contributed by atoms with Crippen molar-refractivity contribution >= 4 is 33.4 Å². The molecule has 2 aliphatic heterocycles. The highest BCUT2D eigenvalue weighted by Crippen LogP contribution is 2.53. The van der Waals surface area contributed by atoms with Crippen LogP contribution in [0.1, 0.15) is 34.3 Å². The third-order valence-corrected chi connectivity index (χ3v) is 6.74. The second kappa shape index (κ2) is 5.51. The van der Waals surface area contributed by atoms with E-state index in [0.717, 1.165) is 38.6 Å². The highest BCUT2D eigenvalue weighted by Gasteiger charge is 2.45. The summed E-state index contributed by atoms with van der Waals surface area (Å²) in [5.41, 5.74) is 6.36. The first-order chi connectivity index (χ1) is 14.1. The Morgan fingerprint density at radius 1 is 1.24 bits per heavy atom. The van der Waals surface area contributed by atoms with Crippen LogP contribution in [0.5, 0.6) is 0 Å². The van der Waals surface area contributed by atoms with Gasteiger partial charge in [0.05, 0.1) is 28.9 Å². The summed E-state index contributed by atoms with van der Waals surface area (Å²) in [6.07, 6.45) is 8.54. The number of hydrogen-bond acceptors (Lipinski definition) is 3. The van der Waals surface area contributed by atoms with Gasteiger partial charge < -0.3 is 14.8 Å². The van der Waals surface area contributed by atoms with E-state index >= 15 is 0 Å². The minimum Gasteiger partial charge on any atom is -0.348 e. The number of allylic oxidation sites excluding steroid dienone is 2. The van der Waals surface area contributed by atoms with Gasteiger partial charge in [0.25, 0.3) is 5.91 Å². The Kier molecular flexibility index (Phi) is 3.12. The molecule has 1 aromatic heterocycles. The SMILES string of the molecule is CC(C#N)N1c2c(c3c(c4c5ccccc5n(C)c24)C(=O)NC3)C2C=CC=CC21. The third-order valence-electron chi connectivity index (χ3n) is 6.74. The molecule has 3 unspecified atom stereocenters. The number of nitriles is 1. The minimum absolute atomic E-state index is 0.00261. The minimum atomic E-state index is -0.274. The van der Waals surface area contributed by atoms with Gasteiger partial charge >= 0.3 is 0 Å². The molecule has 142 valence electrons. The number of hydrogen-bond donors (Lipinski definition) is 1. The number of aryl methyl sites for hydroxylation is 1. The average Bonchev–Trinajstić information content (AvgIpc) is 3.38. The largest absolute Gasteiger partial charge is 0.348 e. The summed E-state index contributed by atoms with van der Waals surface area (Å²) in [6.45, 7) is 2.51. The lowest BCUT2D eigenvalue weighted by Crippen LogP contribution is -2.39. The van der Waals surface area contributed by atoms with Gasteiger partial charge in [-0.25, -0.2) is 0 Å². The first-order valence-electron chi connectivity index (χ1n) is 10.0. The van der Waals surface area contributed by atoms with Crippen LogP contribution >= 0.6 is 0 Å². The fraction of sp³-hybridized carbons (Fsp3) is 0.250. The molecule has 1 amide bonds. The topological polar surface area (TPSA) is 61.1 Å². The van der Waals surface area contributed by atoms with E-state index in [-0.39, 0.29) is 23.9 Å². The standard InChI is InChI=1S/C24H20N4O/c1-13(11-25)28-18-10-6-4-8-15(18)19-16-12-26-24(29)21(16)20-14-7-3-5-9-17(14)27(2)22(20)23(19)28/h3-10,13,15,18H,12H2,1-2H3,(H,26,29). The molecule has 2 aromatic carbocycles. The van der Waals surface area contributed by atoms with Crippen molar-refractivity contribution in [1.82, 2.24) is 9.88 Å². The molecule has 0 saturated heterocycles. The Morgan fingerprint density at radius 2 is 2.03 bits per heavy atom. The van der Waals surface area contributed by atoms with Crippen molar-refractivity contribution in [2.75, 3.05) is 4.90 Å². The van der Waals surface area contributed by atoms with E-state index in [1.807, 2.05) is 19.1 Å². The lowest BCUT2D eigenvalue weighted by atomic mass is 9.86. The summed E-state index contributed by atoms with van der Waals surface area (Å²) in [5.74, 6) is 0.150. The molecule has 6 rings (SSSR count). The first-order valence-corrected chi connectivity index (χ1v) is 10.0. The van der Waals surface area contributed by atoms with Crippen molar-refractivity contribution < 1.29 is 4.79 Å². The zero-order chi connectivity index (χ0) is 19.9. The van der Waals surface area contributed by atoms with Crippen LogP contribution in [0.15, 0.2) is 48.6 Å². The number of benzene rings is 2. The summed E-state index contributed by atoms with van der Waals surface area (Å²) in [7, 11) is 2.06. The summed E-state index contributed by atoms with van der Waals surface area (Å²) in [5, 5.41) is 15.0. The second-order valence-electron chi connectivity index (χ2n) is 8.10. The lowest BCUT2D eigenvalue weighted by molar-refractivity contribution is 0.0967. The van der Waals surface area contributed by atoms with E-state index in [1.54, 1.807) is 0 Å². The molecule has 3 atom stereocenters. The summed E-state index contributed by atoms with van der Waals surface area (Å²) < 4.78 is 2.19. The van der Waals surface area contributed by atoms with E-state index < -0.39 is 0 Å². The fourth-order valence-corrected chi connectivity index (χ4v) is 5.58. The second-order valence-corrected chi connectivity index (χ2v) is 8.10. The maximum Gasteiger partial charge on any atom is 0.252 e. The van der Waals surface area contributed by atoms with Gasteiger partial charge in [0.15, 0.2) is 0 Å². The Hall–Kier alpha value is -3.52. The molecular weight excluding hydrogens is 360 g/mol. The first kappa shape index (κ1) is 16.4. The Balaban J connectivity index is 1.86. The summed E-state index contributed by atoms with van der Waals surface area (Å²) in [6, 6.07) is 10.5. The van der Waals surface area contributed by atoms with Gasteiger partial charge in [-0.05, 0) is 24.1 Å². The van der Waals surface area contributed by atoms with Gasteiger partial charge in [-0.15, -0.1) is 0 Å². The zero-order valence-corrected chi connectivity index (χ0v) is 16.3. The molecule has 0 saturated carbocycles. The maximum atomic E-state index is 12.9. The van der Waals surface area contributed by atoms with E-state index in [1.165, 1.54) is 5.56 Å². The van der Waals surface area contributed by atoms with Crippen LogP contribution in [-0.2, 0) is 13.6 Å². The number of nitrogens with zero attached hydrogens (tertiary/aromatic N) is 3. The molecule has 29 heavy (non-hydrogen) atoms. The fourth-order valence-electron chi connectivity index (χ4n) is 5.58. The van der Waals surface area contributed by atoms with Gasteiger partial charge in [-0.1, -0.05) is 42.5 Å². The zero-order valence-electron chi connectivity index (χ0n) is 16.3. The number of rotatable bonds is 1. The van der Waals surface area contributed by atoms with Crippen LogP contribution in [0.2, 0.25) is 0 Å².